The van der Waals surface area contributed by atoms with Crippen molar-refractivity contribution >= 4 is 27.3 Å². The number of carboxylic acid groups (broad SMARTS) is 1. The van der Waals surface area contributed by atoms with Crippen LogP contribution in [-0.2, 0) is 14.8 Å². The Bertz CT molecular complexity index is 558. The normalized spacial score (nSPS) is 12.7. The molecule has 0 saturated carbocycles. The third-order valence-electron chi connectivity index (χ3n) is 2.29. The monoisotopic (exact) mass is 291 g/mol. The molecule has 0 aliphatic heterocycles. The second-order valence-corrected chi connectivity index (χ2v) is 7.95. The van der Waals surface area contributed by atoms with Crippen LogP contribution in [-0.4, -0.2) is 25.0 Å². The number of rotatable bonds is 5. The summed E-state index contributed by atoms with van der Waals surface area (Å²) in [7, 11) is -3.68. The summed E-state index contributed by atoms with van der Waals surface area (Å²) in [6.45, 7) is 6.66. The van der Waals surface area contributed by atoms with E-state index >= 15 is 0 Å². The van der Waals surface area contributed by atoms with Gasteiger partial charge in [0.05, 0.1) is 11.3 Å². The van der Waals surface area contributed by atoms with Crippen LogP contribution in [0.5, 0.6) is 0 Å². The minimum atomic E-state index is -3.68. The summed E-state index contributed by atoms with van der Waals surface area (Å²) in [4.78, 5) is 12.5. The van der Waals surface area contributed by atoms with Gasteiger partial charge in [-0.25, -0.2) is 13.1 Å². The van der Waals surface area contributed by atoms with Crippen molar-refractivity contribution in [2.45, 2.75) is 44.6 Å². The Morgan fingerprint density at radius 1 is 1.44 bits per heavy atom. The Morgan fingerprint density at radius 3 is 2.39 bits per heavy atom. The van der Waals surface area contributed by atoms with Gasteiger partial charge in [0.15, 0.2) is 0 Å². The lowest BCUT2D eigenvalue weighted by molar-refractivity contribution is -0.138. The van der Waals surface area contributed by atoms with Gasteiger partial charge in [-0.2, -0.15) is 0 Å². The molecule has 18 heavy (non-hydrogen) atoms. The minimum absolute atomic E-state index is 0.225. The summed E-state index contributed by atoms with van der Waals surface area (Å²) in [5.41, 5.74) is -1.02. The standard InChI is InChI=1S/C11H17NO4S2/c1-7-5-9(8(2)17-7)18(15,16)12-11(3,4)6-10(13)14/h5,12H,6H2,1-4H3,(H,13,14). The van der Waals surface area contributed by atoms with Crippen LogP contribution in [0.2, 0.25) is 0 Å². The molecule has 0 aliphatic rings. The summed E-state index contributed by atoms with van der Waals surface area (Å²) < 4.78 is 26.8. The maximum absolute atomic E-state index is 12.2. The molecule has 0 bridgehead atoms. The first-order valence-corrected chi connectivity index (χ1v) is 7.66. The van der Waals surface area contributed by atoms with Gasteiger partial charge in [-0.3, -0.25) is 4.79 Å². The highest BCUT2D eigenvalue weighted by atomic mass is 32.2. The molecule has 102 valence electrons. The average molecular weight is 291 g/mol. The average Bonchev–Trinajstić information content (AvgIpc) is 2.40. The molecule has 1 heterocycles. The van der Waals surface area contributed by atoms with Crippen LogP contribution in [0.3, 0.4) is 0 Å². The lowest BCUT2D eigenvalue weighted by atomic mass is 10.0. The molecule has 0 fully saturated rings. The predicted molar refractivity (Wildman–Crippen MR) is 70.4 cm³/mol. The van der Waals surface area contributed by atoms with Crippen molar-refractivity contribution in [2.24, 2.45) is 0 Å². The van der Waals surface area contributed by atoms with Crippen molar-refractivity contribution in [2.75, 3.05) is 0 Å². The fraction of sp³-hybridized carbons (Fsp3) is 0.545. The first kappa shape index (κ1) is 15.1. The summed E-state index contributed by atoms with van der Waals surface area (Å²) in [6.07, 6.45) is -0.269. The van der Waals surface area contributed by atoms with E-state index in [2.05, 4.69) is 4.72 Å². The van der Waals surface area contributed by atoms with Gasteiger partial charge >= 0.3 is 5.97 Å². The van der Waals surface area contributed by atoms with E-state index in [0.717, 1.165) is 4.88 Å². The highest BCUT2D eigenvalue weighted by Gasteiger charge is 2.30. The third kappa shape index (κ3) is 3.79. The zero-order valence-electron chi connectivity index (χ0n) is 10.8. The first-order valence-electron chi connectivity index (χ1n) is 5.36. The Morgan fingerprint density at radius 2 is 2.00 bits per heavy atom. The number of thiophene rings is 1. The molecule has 0 amide bonds. The van der Waals surface area contributed by atoms with Crippen LogP contribution >= 0.6 is 11.3 Å². The van der Waals surface area contributed by atoms with Gasteiger partial charge in [0, 0.05) is 15.3 Å². The highest BCUT2D eigenvalue weighted by Crippen LogP contribution is 2.26. The molecule has 7 heteroatoms. The number of hydrogen-bond acceptors (Lipinski definition) is 4. The van der Waals surface area contributed by atoms with E-state index in [1.165, 1.54) is 11.3 Å². The summed E-state index contributed by atoms with van der Waals surface area (Å²) in [6, 6.07) is 1.60. The zero-order valence-corrected chi connectivity index (χ0v) is 12.4. The smallest absolute Gasteiger partial charge is 0.305 e. The van der Waals surface area contributed by atoms with Crippen molar-refractivity contribution < 1.29 is 18.3 Å². The van der Waals surface area contributed by atoms with Crippen molar-refractivity contribution in [1.29, 1.82) is 0 Å². The topological polar surface area (TPSA) is 83.5 Å². The lowest BCUT2D eigenvalue weighted by Gasteiger charge is -2.23. The molecule has 0 unspecified atom stereocenters. The third-order valence-corrected chi connectivity index (χ3v) is 5.21. The summed E-state index contributed by atoms with van der Waals surface area (Å²) >= 11 is 1.40. The minimum Gasteiger partial charge on any atom is -0.481 e. The fourth-order valence-corrected chi connectivity index (χ4v) is 4.68. The van der Waals surface area contributed by atoms with Crippen LogP contribution in [0.1, 0.15) is 30.0 Å². The van der Waals surface area contributed by atoms with Gasteiger partial charge in [0.2, 0.25) is 10.0 Å². The molecule has 0 spiro atoms. The van der Waals surface area contributed by atoms with E-state index in [1.54, 1.807) is 26.8 Å². The second-order valence-electron chi connectivity index (χ2n) is 4.84. The van der Waals surface area contributed by atoms with Crippen molar-refractivity contribution in [3.8, 4) is 0 Å². The summed E-state index contributed by atoms with van der Waals surface area (Å²) in [5.74, 6) is -1.04. The van der Waals surface area contributed by atoms with Crippen LogP contribution in [0, 0.1) is 13.8 Å². The Balaban J connectivity index is 3.02. The maximum Gasteiger partial charge on any atom is 0.305 e. The molecule has 1 aromatic heterocycles. The van der Waals surface area contributed by atoms with Crippen molar-refractivity contribution in [3.05, 3.63) is 15.8 Å². The molecular weight excluding hydrogens is 274 g/mol. The van der Waals surface area contributed by atoms with Crippen molar-refractivity contribution in [1.82, 2.24) is 4.72 Å². The molecule has 0 saturated heterocycles. The lowest BCUT2D eigenvalue weighted by Crippen LogP contribution is -2.44. The molecule has 1 aromatic rings. The van der Waals surface area contributed by atoms with Crippen LogP contribution in [0.4, 0.5) is 0 Å². The number of aryl methyl sites for hydroxylation is 2. The van der Waals surface area contributed by atoms with E-state index in [0.29, 0.717) is 4.88 Å². The molecule has 2 N–H and O–H groups in total. The fourth-order valence-electron chi connectivity index (χ4n) is 1.71. The second kappa shape index (κ2) is 4.99. The maximum atomic E-state index is 12.2. The van der Waals surface area contributed by atoms with E-state index in [9.17, 15) is 13.2 Å². The van der Waals surface area contributed by atoms with Gasteiger partial charge in [0.1, 0.15) is 0 Å². The molecule has 0 aromatic carbocycles. The molecule has 0 aliphatic carbocycles. The van der Waals surface area contributed by atoms with Gasteiger partial charge in [-0.15, -0.1) is 11.3 Å². The number of carboxylic acids is 1. The molecule has 1 rings (SSSR count). The Hall–Kier alpha value is -0.920. The highest BCUT2D eigenvalue weighted by molar-refractivity contribution is 7.89. The van der Waals surface area contributed by atoms with Gasteiger partial charge in [-0.1, -0.05) is 0 Å². The SMILES string of the molecule is Cc1cc(S(=O)(=O)NC(C)(C)CC(=O)O)c(C)s1. The summed E-state index contributed by atoms with van der Waals surface area (Å²) in [5, 5.41) is 8.74. The van der Waals surface area contributed by atoms with Crippen LogP contribution in [0.25, 0.3) is 0 Å². The predicted octanol–water partition coefficient (Wildman–Crippen LogP) is 1.90. The van der Waals surface area contributed by atoms with Gasteiger partial charge in [-0.05, 0) is 33.8 Å². The number of hydrogen-bond donors (Lipinski definition) is 2. The molecular formula is C11H17NO4S2. The molecule has 0 radical (unpaired) electrons. The van der Waals surface area contributed by atoms with E-state index in [-0.39, 0.29) is 11.3 Å². The van der Waals surface area contributed by atoms with E-state index in [1.807, 2.05) is 6.92 Å². The number of nitrogens with one attached hydrogen (secondary N) is 1. The number of aliphatic carboxylic acids is 1. The van der Waals surface area contributed by atoms with Gasteiger partial charge in [0.25, 0.3) is 0 Å². The van der Waals surface area contributed by atoms with Crippen LogP contribution < -0.4 is 4.72 Å². The number of carbonyl (C=O) groups is 1. The number of sulfonamides is 1. The molecule has 0 atom stereocenters. The Kier molecular flexibility index (Phi) is 4.19. The van der Waals surface area contributed by atoms with Crippen LogP contribution in [0.15, 0.2) is 11.0 Å². The van der Waals surface area contributed by atoms with Gasteiger partial charge < -0.3 is 5.11 Å². The first-order chi connectivity index (χ1) is 8.03. The van der Waals surface area contributed by atoms with E-state index in [4.69, 9.17) is 5.11 Å². The zero-order chi connectivity index (χ0) is 14.1. The largest absolute Gasteiger partial charge is 0.481 e. The quantitative estimate of drug-likeness (QED) is 0.868. The molecule has 5 nitrogen and oxygen atoms in total. The van der Waals surface area contributed by atoms with E-state index < -0.39 is 21.5 Å². The van der Waals surface area contributed by atoms with Crippen molar-refractivity contribution in [3.63, 3.8) is 0 Å². The Labute approximate surface area is 111 Å².